The Hall–Kier alpha value is -3.62. The highest BCUT2D eigenvalue weighted by Gasteiger charge is 2.18. The highest BCUT2D eigenvalue weighted by Crippen LogP contribution is 2.32. The molecule has 4 aromatic rings. The zero-order valence-electron chi connectivity index (χ0n) is 18.1. The number of benzene rings is 2. The number of hydrogen-bond donors (Lipinski definition) is 2. The lowest BCUT2D eigenvalue weighted by Gasteiger charge is -2.30. The first-order valence-electron chi connectivity index (χ1n) is 10.7. The summed E-state index contributed by atoms with van der Waals surface area (Å²) in [6.07, 6.45) is 3.45. The summed E-state index contributed by atoms with van der Waals surface area (Å²) >= 11 is 6.15. The van der Waals surface area contributed by atoms with Crippen LogP contribution >= 0.6 is 11.6 Å². The minimum absolute atomic E-state index is 0.297. The number of piperazine rings is 1. The average Bonchev–Trinajstić information content (AvgIpc) is 3.28. The van der Waals surface area contributed by atoms with E-state index in [1.54, 1.807) is 30.1 Å². The van der Waals surface area contributed by atoms with Crippen molar-refractivity contribution >= 4 is 34.5 Å². The van der Waals surface area contributed by atoms with Crippen molar-refractivity contribution < 1.29 is 9.53 Å². The molecule has 1 fully saturated rings. The zero-order chi connectivity index (χ0) is 22.8. The van der Waals surface area contributed by atoms with Crippen molar-refractivity contribution in [1.82, 2.24) is 19.9 Å². The molecule has 1 aliphatic rings. The van der Waals surface area contributed by atoms with Crippen molar-refractivity contribution in [2.75, 3.05) is 43.5 Å². The largest absolute Gasteiger partial charge is 0.495 e. The van der Waals surface area contributed by atoms with Gasteiger partial charge in [-0.2, -0.15) is 5.10 Å². The normalized spacial score (nSPS) is 13.8. The molecule has 2 aromatic carbocycles. The number of anilines is 2. The molecule has 2 N–H and O–H groups in total. The number of fused-ring (bicyclic) bond motifs is 1. The van der Waals surface area contributed by atoms with E-state index in [-0.39, 0.29) is 5.91 Å². The van der Waals surface area contributed by atoms with Crippen LogP contribution in [0.25, 0.3) is 16.8 Å². The summed E-state index contributed by atoms with van der Waals surface area (Å²) in [5.74, 6) is 0.479. The van der Waals surface area contributed by atoms with E-state index in [9.17, 15) is 4.79 Å². The number of aromatic nitrogens is 3. The first-order chi connectivity index (χ1) is 16.1. The minimum atomic E-state index is -0.299. The van der Waals surface area contributed by atoms with Crippen LogP contribution in [0.2, 0.25) is 5.02 Å². The van der Waals surface area contributed by atoms with E-state index in [2.05, 4.69) is 25.6 Å². The van der Waals surface area contributed by atoms with Gasteiger partial charge in [-0.3, -0.25) is 4.79 Å². The number of rotatable bonds is 5. The number of amides is 1. The zero-order valence-corrected chi connectivity index (χ0v) is 18.8. The summed E-state index contributed by atoms with van der Waals surface area (Å²) in [6.45, 7) is 3.56. The molecule has 0 radical (unpaired) electrons. The van der Waals surface area contributed by atoms with E-state index in [0.29, 0.717) is 22.1 Å². The van der Waals surface area contributed by atoms with Gasteiger partial charge in [0.25, 0.3) is 5.91 Å². The molecular formula is C24H23ClN6O2. The van der Waals surface area contributed by atoms with Crippen LogP contribution < -0.4 is 20.3 Å². The van der Waals surface area contributed by atoms with E-state index in [0.717, 1.165) is 48.7 Å². The van der Waals surface area contributed by atoms with Crippen molar-refractivity contribution in [3.8, 4) is 16.9 Å². The van der Waals surface area contributed by atoms with Crippen molar-refractivity contribution in [2.24, 2.45) is 0 Å². The Morgan fingerprint density at radius 2 is 2.00 bits per heavy atom. The standard InChI is InChI=1S/C24H23ClN6O2/c1-33-22-6-5-18(14-21(22)30-11-8-26-9-12-30)28-24(32)20-7-10-31-23(29-20)19(15-27-31)16-3-2-4-17(25)13-16/h2-7,10,13-15,26H,8-9,11-12H2,1H3,(H,28,32). The van der Waals surface area contributed by atoms with Gasteiger partial charge in [0.05, 0.1) is 19.0 Å². The molecule has 9 heteroatoms. The highest BCUT2D eigenvalue weighted by molar-refractivity contribution is 6.30. The Kier molecular flexibility index (Phi) is 5.85. The van der Waals surface area contributed by atoms with Gasteiger partial charge >= 0.3 is 0 Å². The molecule has 0 atom stereocenters. The summed E-state index contributed by atoms with van der Waals surface area (Å²) in [5.41, 5.74) is 4.21. The van der Waals surface area contributed by atoms with Crippen LogP contribution in [0.15, 0.2) is 60.9 Å². The van der Waals surface area contributed by atoms with Crippen molar-refractivity contribution in [3.05, 3.63) is 71.6 Å². The lowest BCUT2D eigenvalue weighted by Crippen LogP contribution is -2.43. The van der Waals surface area contributed by atoms with Crippen LogP contribution in [-0.2, 0) is 0 Å². The SMILES string of the molecule is COc1ccc(NC(=O)c2ccn3ncc(-c4cccc(Cl)c4)c3n2)cc1N1CCNCC1. The fraction of sp³-hybridized carbons (Fsp3) is 0.208. The predicted molar refractivity (Wildman–Crippen MR) is 129 cm³/mol. The highest BCUT2D eigenvalue weighted by atomic mass is 35.5. The average molecular weight is 463 g/mol. The predicted octanol–water partition coefficient (Wildman–Crippen LogP) is 3.72. The minimum Gasteiger partial charge on any atom is -0.495 e. The smallest absolute Gasteiger partial charge is 0.274 e. The second-order valence-corrected chi connectivity index (χ2v) is 8.16. The van der Waals surface area contributed by atoms with Crippen LogP contribution in [0.3, 0.4) is 0 Å². The number of carbonyl (C=O) groups is 1. The Labute approximate surface area is 196 Å². The molecule has 0 saturated carbocycles. The van der Waals surface area contributed by atoms with Crippen LogP contribution in [0, 0.1) is 0 Å². The molecule has 2 aromatic heterocycles. The maximum Gasteiger partial charge on any atom is 0.274 e. The molecule has 0 spiro atoms. The number of nitrogens with zero attached hydrogens (tertiary/aromatic N) is 4. The van der Waals surface area contributed by atoms with Gasteiger partial charge in [-0.1, -0.05) is 23.7 Å². The van der Waals surface area contributed by atoms with Gasteiger partial charge in [0.2, 0.25) is 0 Å². The van der Waals surface area contributed by atoms with Gasteiger partial charge in [0.15, 0.2) is 5.65 Å². The van der Waals surface area contributed by atoms with Crippen molar-refractivity contribution in [2.45, 2.75) is 0 Å². The molecule has 3 heterocycles. The molecule has 8 nitrogen and oxygen atoms in total. The van der Waals surface area contributed by atoms with E-state index in [4.69, 9.17) is 16.3 Å². The topological polar surface area (TPSA) is 83.8 Å². The monoisotopic (exact) mass is 462 g/mol. The Balaban J connectivity index is 1.43. The first kappa shape index (κ1) is 21.2. The number of nitrogens with one attached hydrogen (secondary N) is 2. The number of ether oxygens (including phenoxy) is 1. The van der Waals surface area contributed by atoms with Crippen LogP contribution in [0.1, 0.15) is 10.5 Å². The van der Waals surface area contributed by atoms with Gasteiger partial charge in [0.1, 0.15) is 11.4 Å². The van der Waals surface area contributed by atoms with Gasteiger partial charge < -0.3 is 20.3 Å². The third kappa shape index (κ3) is 4.35. The lowest BCUT2D eigenvalue weighted by molar-refractivity contribution is 0.102. The molecule has 1 amide bonds. The second kappa shape index (κ2) is 9.09. The third-order valence-corrected chi connectivity index (χ3v) is 5.87. The molecule has 0 unspecified atom stereocenters. The quantitative estimate of drug-likeness (QED) is 0.470. The molecule has 5 rings (SSSR count). The maximum atomic E-state index is 13.0. The summed E-state index contributed by atoms with van der Waals surface area (Å²) < 4.78 is 7.18. The molecule has 1 saturated heterocycles. The maximum absolute atomic E-state index is 13.0. The third-order valence-electron chi connectivity index (χ3n) is 5.63. The number of halogens is 1. The van der Waals surface area contributed by atoms with Crippen molar-refractivity contribution in [1.29, 1.82) is 0 Å². The molecule has 168 valence electrons. The molecule has 33 heavy (non-hydrogen) atoms. The number of hydrogen-bond acceptors (Lipinski definition) is 6. The van der Waals surface area contributed by atoms with Gasteiger partial charge in [-0.25, -0.2) is 9.50 Å². The summed E-state index contributed by atoms with van der Waals surface area (Å²) in [5, 5.41) is 11.3. The Morgan fingerprint density at radius 1 is 1.15 bits per heavy atom. The molecule has 1 aliphatic heterocycles. The summed E-state index contributed by atoms with van der Waals surface area (Å²) in [6, 6.07) is 14.8. The van der Waals surface area contributed by atoms with Crippen molar-refractivity contribution in [3.63, 3.8) is 0 Å². The Bertz CT molecular complexity index is 1320. The summed E-state index contributed by atoms with van der Waals surface area (Å²) in [7, 11) is 1.65. The Morgan fingerprint density at radius 3 is 2.79 bits per heavy atom. The second-order valence-electron chi connectivity index (χ2n) is 7.73. The molecule has 0 bridgehead atoms. The fourth-order valence-corrected chi connectivity index (χ4v) is 4.16. The van der Waals surface area contributed by atoms with Crippen LogP contribution in [0.4, 0.5) is 11.4 Å². The van der Waals surface area contributed by atoms with Gasteiger partial charge in [0, 0.05) is 48.6 Å². The number of methoxy groups -OCH3 is 1. The summed E-state index contributed by atoms with van der Waals surface area (Å²) in [4.78, 5) is 19.9. The molecular weight excluding hydrogens is 440 g/mol. The van der Waals surface area contributed by atoms with Crippen LogP contribution in [-0.4, -0.2) is 53.8 Å². The first-order valence-corrected chi connectivity index (χ1v) is 11.1. The lowest BCUT2D eigenvalue weighted by atomic mass is 10.1. The van der Waals surface area contributed by atoms with Gasteiger partial charge in [-0.15, -0.1) is 0 Å². The molecule has 0 aliphatic carbocycles. The van der Waals surface area contributed by atoms with Gasteiger partial charge in [-0.05, 0) is 42.0 Å². The van der Waals surface area contributed by atoms with E-state index < -0.39 is 0 Å². The van der Waals surface area contributed by atoms with Crippen LogP contribution in [0.5, 0.6) is 5.75 Å². The van der Waals surface area contributed by atoms with E-state index >= 15 is 0 Å². The fourth-order valence-electron chi connectivity index (χ4n) is 3.97. The number of carbonyl (C=O) groups excluding carboxylic acids is 1. The van der Waals surface area contributed by atoms with E-state index in [1.165, 1.54) is 0 Å². The van der Waals surface area contributed by atoms with E-state index in [1.807, 2.05) is 42.5 Å².